The van der Waals surface area contributed by atoms with Gasteiger partial charge in [0, 0.05) is 6.04 Å². The lowest BCUT2D eigenvalue weighted by Crippen LogP contribution is -2.27. The molecule has 0 spiro atoms. The molecular weight excluding hydrogens is 374 g/mol. The molecule has 0 bridgehead atoms. The highest BCUT2D eigenvalue weighted by molar-refractivity contribution is 4.77. The van der Waals surface area contributed by atoms with E-state index >= 15 is 0 Å². The SMILES string of the molecule is CCCCCCCCCC(CCCCCCC(CCCCCCC)CC1CC1)N(C)C. The predicted octanol–water partition coefficient (Wildman–Crippen LogP) is 10.2. The first kappa shape index (κ1) is 29.0. The summed E-state index contributed by atoms with van der Waals surface area (Å²) in [6, 6.07) is 0.821. The van der Waals surface area contributed by atoms with Gasteiger partial charge in [-0.2, -0.15) is 0 Å². The van der Waals surface area contributed by atoms with E-state index in [2.05, 4.69) is 32.8 Å². The molecule has 2 unspecified atom stereocenters. The molecule has 1 aliphatic rings. The van der Waals surface area contributed by atoms with Gasteiger partial charge in [-0.15, -0.1) is 0 Å². The van der Waals surface area contributed by atoms with Gasteiger partial charge in [0.15, 0.2) is 0 Å². The molecule has 0 N–H and O–H groups in total. The molecule has 0 saturated heterocycles. The van der Waals surface area contributed by atoms with Crippen LogP contribution in [0.15, 0.2) is 0 Å². The molecule has 0 heterocycles. The first-order valence-corrected chi connectivity index (χ1v) is 14.8. The number of rotatable bonds is 24. The molecule has 0 aliphatic heterocycles. The van der Waals surface area contributed by atoms with Crippen LogP contribution in [0.1, 0.15) is 162 Å². The topological polar surface area (TPSA) is 3.24 Å². The van der Waals surface area contributed by atoms with Crippen molar-refractivity contribution in [3.05, 3.63) is 0 Å². The van der Waals surface area contributed by atoms with E-state index in [1.807, 2.05) is 0 Å². The Morgan fingerprint density at radius 2 is 0.935 bits per heavy atom. The van der Waals surface area contributed by atoms with Gasteiger partial charge in [-0.25, -0.2) is 0 Å². The average Bonchev–Trinajstić information content (AvgIpc) is 3.57. The maximum absolute atomic E-state index is 2.50. The summed E-state index contributed by atoms with van der Waals surface area (Å²) in [5.41, 5.74) is 0. The summed E-state index contributed by atoms with van der Waals surface area (Å²) >= 11 is 0. The van der Waals surface area contributed by atoms with E-state index in [4.69, 9.17) is 0 Å². The third-order valence-corrected chi connectivity index (χ3v) is 7.85. The molecule has 2 atom stereocenters. The Balaban J connectivity index is 2.05. The molecule has 1 saturated carbocycles. The maximum atomic E-state index is 2.50. The van der Waals surface area contributed by atoms with E-state index in [9.17, 15) is 0 Å². The Morgan fingerprint density at radius 3 is 1.32 bits per heavy atom. The van der Waals surface area contributed by atoms with Gasteiger partial charge in [-0.3, -0.25) is 0 Å². The number of hydrogen-bond acceptors (Lipinski definition) is 1. The van der Waals surface area contributed by atoms with Crippen molar-refractivity contribution in [2.24, 2.45) is 11.8 Å². The highest BCUT2D eigenvalue weighted by Crippen LogP contribution is 2.38. The Kier molecular flexibility index (Phi) is 19.2. The molecule has 0 aromatic heterocycles. The highest BCUT2D eigenvalue weighted by Gasteiger charge is 2.24. The molecule has 0 radical (unpaired) electrons. The highest BCUT2D eigenvalue weighted by atomic mass is 15.1. The third kappa shape index (κ3) is 18.1. The second-order valence-electron chi connectivity index (χ2n) is 11.3. The molecule has 0 amide bonds. The monoisotopic (exact) mass is 435 g/mol. The van der Waals surface area contributed by atoms with Crippen molar-refractivity contribution < 1.29 is 0 Å². The Bertz CT molecular complexity index is 359. The second kappa shape index (κ2) is 20.6. The Morgan fingerprint density at radius 1 is 0.548 bits per heavy atom. The number of nitrogens with zero attached hydrogens (tertiary/aromatic N) is 1. The lowest BCUT2D eigenvalue weighted by Gasteiger charge is -2.24. The fraction of sp³-hybridized carbons (Fsp3) is 1.00. The van der Waals surface area contributed by atoms with Gasteiger partial charge in [0.2, 0.25) is 0 Å². The lowest BCUT2D eigenvalue weighted by molar-refractivity contribution is 0.251. The minimum atomic E-state index is 0.821. The smallest absolute Gasteiger partial charge is 0.00891 e. The van der Waals surface area contributed by atoms with Crippen molar-refractivity contribution in [3.8, 4) is 0 Å². The van der Waals surface area contributed by atoms with Crippen LogP contribution in [0.25, 0.3) is 0 Å². The molecule has 0 aromatic rings. The van der Waals surface area contributed by atoms with Gasteiger partial charge in [0.25, 0.3) is 0 Å². The average molecular weight is 436 g/mol. The summed E-state index contributed by atoms with van der Waals surface area (Å²) < 4.78 is 0. The van der Waals surface area contributed by atoms with Crippen molar-refractivity contribution in [2.45, 2.75) is 168 Å². The Hall–Kier alpha value is -0.0400. The second-order valence-corrected chi connectivity index (χ2v) is 11.3. The summed E-state index contributed by atoms with van der Waals surface area (Å²) in [5.74, 6) is 2.18. The van der Waals surface area contributed by atoms with Gasteiger partial charge >= 0.3 is 0 Å². The van der Waals surface area contributed by atoms with Crippen molar-refractivity contribution in [1.29, 1.82) is 0 Å². The van der Waals surface area contributed by atoms with Crippen LogP contribution in [-0.4, -0.2) is 25.0 Å². The number of hydrogen-bond donors (Lipinski definition) is 0. The molecule has 1 nitrogen and oxygen atoms in total. The van der Waals surface area contributed by atoms with Gasteiger partial charge < -0.3 is 4.90 Å². The van der Waals surface area contributed by atoms with Crippen molar-refractivity contribution in [1.82, 2.24) is 4.90 Å². The van der Waals surface area contributed by atoms with Gasteiger partial charge in [0.1, 0.15) is 0 Å². The van der Waals surface area contributed by atoms with E-state index in [1.54, 1.807) is 6.42 Å². The molecular formula is C30H61N. The van der Waals surface area contributed by atoms with E-state index in [-0.39, 0.29) is 0 Å². The predicted molar refractivity (Wildman–Crippen MR) is 142 cm³/mol. The molecule has 0 aromatic carbocycles. The van der Waals surface area contributed by atoms with Crippen LogP contribution in [0.4, 0.5) is 0 Å². The molecule has 1 rings (SSSR count). The lowest BCUT2D eigenvalue weighted by atomic mass is 9.89. The van der Waals surface area contributed by atoms with Gasteiger partial charge in [-0.1, -0.05) is 142 Å². The van der Waals surface area contributed by atoms with Crippen molar-refractivity contribution >= 4 is 0 Å². The first-order valence-electron chi connectivity index (χ1n) is 14.8. The van der Waals surface area contributed by atoms with Gasteiger partial charge in [0.05, 0.1) is 0 Å². The minimum absolute atomic E-state index is 0.821. The zero-order valence-electron chi connectivity index (χ0n) is 22.4. The summed E-state index contributed by atoms with van der Waals surface area (Å²) in [6.07, 6.45) is 33.8. The molecule has 186 valence electrons. The summed E-state index contributed by atoms with van der Waals surface area (Å²) in [4.78, 5) is 2.50. The molecule has 1 heteroatoms. The molecule has 1 aliphatic carbocycles. The van der Waals surface area contributed by atoms with Crippen LogP contribution < -0.4 is 0 Å². The van der Waals surface area contributed by atoms with E-state index in [1.165, 1.54) is 141 Å². The zero-order chi connectivity index (χ0) is 22.6. The normalized spacial score (nSPS) is 16.2. The quantitative estimate of drug-likeness (QED) is 0.136. The van der Waals surface area contributed by atoms with E-state index in [0.29, 0.717) is 0 Å². The van der Waals surface area contributed by atoms with Crippen LogP contribution in [-0.2, 0) is 0 Å². The van der Waals surface area contributed by atoms with Crippen LogP contribution in [0.3, 0.4) is 0 Å². The largest absolute Gasteiger partial charge is 0.306 e. The minimum Gasteiger partial charge on any atom is -0.306 e. The zero-order valence-corrected chi connectivity index (χ0v) is 22.4. The van der Waals surface area contributed by atoms with Crippen LogP contribution >= 0.6 is 0 Å². The molecule has 1 fully saturated rings. The maximum Gasteiger partial charge on any atom is 0.00891 e. The summed E-state index contributed by atoms with van der Waals surface area (Å²) in [5, 5.41) is 0. The standard InChI is InChI=1S/C30H61N/c1-5-7-9-11-12-14-19-23-30(31(3)4)24-20-16-15-18-22-28(27-29-25-26-29)21-17-13-10-8-6-2/h28-30H,5-27H2,1-4H3. The Labute approximate surface area is 198 Å². The van der Waals surface area contributed by atoms with E-state index < -0.39 is 0 Å². The summed E-state index contributed by atoms with van der Waals surface area (Å²) in [6.45, 7) is 4.63. The summed E-state index contributed by atoms with van der Waals surface area (Å²) in [7, 11) is 4.60. The van der Waals surface area contributed by atoms with E-state index in [0.717, 1.165) is 17.9 Å². The first-order chi connectivity index (χ1) is 15.2. The number of unbranched alkanes of at least 4 members (excludes halogenated alkanes) is 13. The third-order valence-electron chi connectivity index (χ3n) is 7.85. The van der Waals surface area contributed by atoms with Crippen LogP contribution in [0.2, 0.25) is 0 Å². The fourth-order valence-corrected chi connectivity index (χ4v) is 5.41. The fourth-order valence-electron chi connectivity index (χ4n) is 5.41. The van der Waals surface area contributed by atoms with Crippen LogP contribution in [0.5, 0.6) is 0 Å². The van der Waals surface area contributed by atoms with Crippen LogP contribution in [0, 0.1) is 11.8 Å². The van der Waals surface area contributed by atoms with Gasteiger partial charge in [-0.05, 0) is 45.2 Å². The van der Waals surface area contributed by atoms with Crippen molar-refractivity contribution in [2.75, 3.05) is 14.1 Å². The van der Waals surface area contributed by atoms with Crippen molar-refractivity contribution in [3.63, 3.8) is 0 Å². The molecule has 31 heavy (non-hydrogen) atoms.